The van der Waals surface area contributed by atoms with Gasteiger partial charge < -0.3 is 15.4 Å². The number of amides is 1. The summed E-state index contributed by atoms with van der Waals surface area (Å²) >= 11 is 0. The predicted molar refractivity (Wildman–Crippen MR) is 81.9 cm³/mol. The van der Waals surface area contributed by atoms with Gasteiger partial charge >= 0.3 is 6.09 Å². The van der Waals surface area contributed by atoms with Gasteiger partial charge in [0.05, 0.1) is 5.69 Å². The first-order valence-corrected chi connectivity index (χ1v) is 6.98. The summed E-state index contributed by atoms with van der Waals surface area (Å²) in [6, 6.07) is 7.65. The lowest BCUT2D eigenvalue weighted by molar-refractivity contribution is 0.0530. The van der Waals surface area contributed by atoms with Crippen LogP contribution in [0.2, 0.25) is 0 Å². The zero-order chi connectivity index (χ0) is 16.0. The second-order valence-electron chi connectivity index (χ2n) is 5.66. The van der Waals surface area contributed by atoms with Crippen LogP contribution in [0, 0.1) is 0 Å². The average molecular weight is 304 g/mol. The maximum absolute atomic E-state index is 11.5. The van der Waals surface area contributed by atoms with Crippen LogP contribution in [0.3, 0.4) is 0 Å². The fraction of sp³-hybridized carbons (Fsp3) is 0.429. The molecule has 2 rings (SSSR count). The molecule has 0 bridgehead atoms. The fourth-order valence-corrected chi connectivity index (χ4v) is 1.70. The minimum Gasteiger partial charge on any atom is -0.444 e. The lowest BCUT2D eigenvalue weighted by atomic mass is 10.2. The number of nitrogens with one attached hydrogen (secondary N) is 2. The second kappa shape index (κ2) is 6.88. The summed E-state index contributed by atoms with van der Waals surface area (Å²) in [7, 11) is 0. The predicted octanol–water partition coefficient (Wildman–Crippen LogP) is 1.60. The first-order valence-electron chi connectivity index (χ1n) is 6.98. The Balaban J connectivity index is 1.72. The van der Waals surface area contributed by atoms with Gasteiger partial charge in [0.1, 0.15) is 11.9 Å². The number of tetrazole rings is 1. The van der Waals surface area contributed by atoms with E-state index >= 15 is 0 Å². The molecule has 1 aromatic carbocycles. The third-order valence-corrected chi connectivity index (χ3v) is 2.60. The number of hydrogen-bond acceptors (Lipinski definition) is 6. The van der Waals surface area contributed by atoms with E-state index in [1.54, 1.807) is 4.68 Å². The van der Waals surface area contributed by atoms with Crippen molar-refractivity contribution in [1.82, 2.24) is 25.5 Å². The van der Waals surface area contributed by atoms with E-state index in [9.17, 15) is 4.79 Å². The fourth-order valence-electron chi connectivity index (χ4n) is 1.70. The Morgan fingerprint density at radius 3 is 2.55 bits per heavy atom. The molecule has 8 nitrogen and oxygen atoms in total. The molecule has 1 heterocycles. The molecular weight excluding hydrogens is 284 g/mol. The number of hydrogen-bond donors (Lipinski definition) is 2. The first kappa shape index (κ1) is 15.7. The second-order valence-corrected chi connectivity index (χ2v) is 5.66. The monoisotopic (exact) mass is 304 g/mol. The molecule has 0 aliphatic rings. The maximum Gasteiger partial charge on any atom is 0.407 e. The SMILES string of the molecule is CC(C)(C)OC(=O)NCCNc1ccc(-n2cnnn2)cc1. The number of nitrogens with zero attached hydrogens (tertiary/aromatic N) is 4. The molecule has 0 fully saturated rings. The molecule has 0 unspecified atom stereocenters. The molecule has 0 saturated carbocycles. The number of alkyl carbamates (subject to hydrolysis) is 1. The number of ether oxygens (including phenoxy) is 1. The van der Waals surface area contributed by atoms with Gasteiger partial charge in [-0.25, -0.2) is 9.48 Å². The minimum absolute atomic E-state index is 0.414. The highest BCUT2D eigenvalue weighted by atomic mass is 16.6. The average Bonchev–Trinajstić information content (AvgIpc) is 2.96. The van der Waals surface area contributed by atoms with E-state index in [0.29, 0.717) is 13.1 Å². The van der Waals surface area contributed by atoms with E-state index in [-0.39, 0.29) is 0 Å². The van der Waals surface area contributed by atoms with Crippen LogP contribution in [-0.4, -0.2) is 45.0 Å². The molecule has 8 heteroatoms. The third-order valence-electron chi connectivity index (χ3n) is 2.60. The summed E-state index contributed by atoms with van der Waals surface area (Å²) in [6.45, 7) is 6.57. The number of aromatic nitrogens is 4. The summed E-state index contributed by atoms with van der Waals surface area (Å²) in [5, 5.41) is 16.9. The van der Waals surface area contributed by atoms with Gasteiger partial charge in [0.25, 0.3) is 0 Å². The summed E-state index contributed by atoms with van der Waals surface area (Å²) in [4.78, 5) is 11.5. The molecule has 0 aliphatic heterocycles. The largest absolute Gasteiger partial charge is 0.444 e. The molecule has 0 spiro atoms. The van der Waals surface area contributed by atoms with Crippen molar-refractivity contribution in [2.24, 2.45) is 0 Å². The summed E-state index contributed by atoms with van der Waals surface area (Å²) in [6.07, 6.45) is 1.12. The molecule has 22 heavy (non-hydrogen) atoms. The molecule has 1 aromatic heterocycles. The number of anilines is 1. The van der Waals surface area contributed by atoms with Gasteiger partial charge in [0.15, 0.2) is 0 Å². The number of carbonyl (C=O) groups is 1. The van der Waals surface area contributed by atoms with Crippen molar-refractivity contribution in [2.45, 2.75) is 26.4 Å². The lowest BCUT2D eigenvalue weighted by Gasteiger charge is -2.19. The van der Waals surface area contributed by atoms with Crippen LogP contribution >= 0.6 is 0 Å². The molecule has 0 radical (unpaired) electrons. The Bertz CT molecular complexity index is 589. The van der Waals surface area contributed by atoms with Gasteiger partial charge in [-0.05, 0) is 55.5 Å². The minimum atomic E-state index is -0.483. The van der Waals surface area contributed by atoms with Gasteiger partial charge in [-0.2, -0.15) is 0 Å². The molecule has 118 valence electrons. The summed E-state index contributed by atoms with van der Waals surface area (Å²) < 4.78 is 6.72. The molecule has 0 atom stereocenters. The zero-order valence-electron chi connectivity index (χ0n) is 12.9. The summed E-state index contributed by atoms with van der Waals surface area (Å²) in [5.74, 6) is 0. The Morgan fingerprint density at radius 2 is 1.95 bits per heavy atom. The van der Waals surface area contributed by atoms with Gasteiger partial charge in [0.2, 0.25) is 0 Å². The first-order chi connectivity index (χ1) is 10.4. The van der Waals surface area contributed by atoms with Crippen LogP contribution in [0.4, 0.5) is 10.5 Å². The highest BCUT2D eigenvalue weighted by Crippen LogP contribution is 2.11. The van der Waals surface area contributed by atoms with Crippen LogP contribution in [0.15, 0.2) is 30.6 Å². The number of rotatable bonds is 5. The third kappa shape index (κ3) is 5.04. The van der Waals surface area contributed by atoms with Crippen LogP contribution in [0.5, 0.6) is 0 Å². The van der Waals surface area contributed by atoms with E-state index in [4.69, 9.17) is 4.74 Å². The molecule has 0 aliphatic carbocycles. The quantitative estimate of drug-likeness (QED) is 0.815. The van der Waals surface area contributed by atoms with Crippen LogP contribution in [-0.2, 0) is 4.74 Å². The van der Waals surface area contributed by atoms with Gasteiger partial charge in [-0.1, -0.05) is 0 Å². The molecule has 2 N–H and O–H groups in total. The molecule has 1 amide bonds. The van der Waals surface area contributed by atoms with E-state index in [1.165, 1.54) is 6.33 Å². The van der Waals surface area contributed by atoms with E-state index < -0.39 is 11.7 Å². The van der Waals surface area contributed by atoms with E-state index in [1.807, 2.05) is 45.0 Å². The molecule has 2 aromatic rings. The van der Waals surface area contributed by atoms with Gasteiger partial charge in [-0.3, -0.25) is 0 Å². The van der Waals surface area contributed by atoms with Crippen molar-refractivity contribution < 1.29 is 9.53 Å². The number of carbonyl (C=O) groups excluding carboxylic acids is 1. The Morgan fingerprint density at radius 1 is 1.23 bits per heavy atom. The standard InChI is InChI=1S/C14H20N6O2/c1-14(2,3)22-13(21)16-9-8-15-11-4-6-12(7-5-11)20-10-17-18-19-20/h4-7,10,15H,8-9H2,1-3H3,(H,16,21). The summed E-state index contributed by atoms with van der Waals surface area (Å²) in [5.41, 5.74) is 1.34. The highest BCUT2D eigenvalue weighted by molar-refractivity contribution is 5.67. The van der Waals surface area contributed by atoms with Crippen molar-refractivity contribution in [3.05, 3.63) is 30.6 Å². The molecular formula is C14H20N6O2. The van der Waals surface area contributed by atoms with Crippen molar-refractivity contribution in [3.63, 3.8) is 0 Å². The number of benzene rings is 1. The Hall–Kier alpha value is -2.64. The van der Waals surface area contributed by atoms with Crippen molar-refractivity contribution >= 4 is 11.8 Å². The van der Waals surface area contributed by atoms with E-state index in [0.717, 1.165) is 11.4 Å². The highest BCUT2D eigenvalue weighted by Gasteiger charge is 2.15. The topological polar surface area (TPSA) is 94.0 Å². The van der Waals surface area contributed by atoms with Crippen LogP contribution in [0.1, 0.15) is 20.8 Å². The van der Waals surface area contributed by atoms with Crippen molar-refractivity contribution in [2.75, 3.05) is 18.4 Å². The van der Waals surface area contributed by atoms with Crippen LogP contribution < -0.4 is 10.6 Å². The Labute approximate surface area is 128 Å². The zero-order valence-corrected chi connectivity index (χ0v) is 12.9. The Kier molecular flexibility index (Phi) is 4.92. The van der Waals surface area contributed by atoms with E-state index in [2.05, 4.69) is 26.2 Å². The smallest absolute Gasteiger partial charge is 0.407 e. The van der Waals surface area contributed by atoms with Crippen molar-refractivity contribution in [3.8, 4) is 5.69 Å². The van der Waals surface area contributed by atoms with Crippen LogP contribution in [0.25, 0.3) is 5.69 Å². The van der Waals surface area contributed by atoms with Gasteiger partial charge in [-0.15, -0.1) is 5.10 Å². The lowest BCUT2D eigenvalue weighted by Crippen LogP contribution is -2.34. The maximum atomic E-state index is 11.5. The van der Waals surface area contributed by atoms with Crippen molar-refractivity contribution in [1.29, 1.82) is 0 Å². The molecule has 0 saturated heterocycles. The van der Waals surface area contributed by atoms with Gasteiger partial charge in [0, 0.05) is 18.8 Å². The normalized spacial score (nSPS) is 11.0.